The Kier molecular flexibility index (Phi) is 5.28. The van der Waals surface area contributed by atoms with Crippen LogP contribution in [0.2, 0.25) is 0 Å². The molecule has 0 aliphatic rings. The van der Waals surface area contributed by atoms with Crippen LogP contribution in [0.3, 0.4) is 0 Å². The van der Waals surface area contributed by atoms with E-state index in [-0.39, 0.29) is 17.3 Å². The Morgan fingerprint density at radius 3 is 2.68 bits per heavy atom. The third-order valence-electron chi connectivity index (χ3n) is 2.81. The predicted octanol–water partition coefficient (Wildman–Crippen LogP) is 2.44. The first kappa shape index (κ1) is 16.6. The van der Waals surface area contributed by atoms with Gasteiger partial charge in [0.05, 0.1) is 23.4 Å². The van der Waals surface area contributed by atoms with Crippen LogP contribution < -0.4 is 10.0 Å². The summed E-state index contributed by atoms with van der Waals surface area (Å²) < 4.78 is 32.1. The highest BCUT2D eigenvalue weighted by molar-refractivity contribution is 7.98. The molecule has 1 heterocycles. The first-order valence-electron chi connectivity index (χ1n) is 6.40. The van der Waals surface area contributed by atoms with Gasteiger partial charge < -0.3 is 9.73 Å². The molecular formula is C14H16N2O4S2. The van der Waals surface area contributed by atoms with E-state index in [0.29, 0.717) is 11.4 Å². The number of carbonyl (C=O) groups is 1. The second kappa shape index (κ2) is 6.99. The summed E-state index contributed by atoms with van der Waals surface area (Å²) in [5, 5.41) is 2.64. The summed E-state index contributed by atoms with van der Waals surface area (Å²) in [4.78, 5) is 12.1. The lowest BCUT2D eigenvalue weighted by Crippen LogP contribution is -2.23. The van der Waals surface area contributed by atoms with Gasteiger partial charge in [-0.1, -0.05) is 0 Å². The fourth-order valence-corrected chi connectivity index (χ4v) is 3.36. The number of sulfonamides is 1. The van der Waals surface area contributed by atoms with E-state index >= 15 is 0 Å². The third-order valence-corrected chi connectivity index (χ3v) is 5.00. The number of benzene rings is 1. The lowest BCUT2D eigenvalue weighted by Gasteiger charge is -2.11. The second-order valence-electron chi connectivity index (χ2n) is 4.45. The average molecular weight is 340 g/mol. The van der Waals surface area contributed by atoms with E-state index in [1.807, 2.05) is 6.26 Å². The summed E-state index contributed by atoms with van der Waals surface area (Å²) in [5.74, 6) is 0.264. The van der Waals surface area contributed by atoms with Crippen molar-refractivity contribution in [2.24, 2.45) is 0 Å². The van der Waals surface area contributed by atoms with Gasteiger partial charge in [-0.15, -0.1) is 11.8 Å². The normalized spacial score (nSPS) is 11.4. The van der Waals surface area contributed by atoms with Crippen molar-refractivity contribution in [3.63, 3.8) is 0 Å². The van der Waals surface area contributed by atoms with Gasteiger partial charge in [0, 0.05) is 11.8 Å². The zero-order valence-electron chi connectivity index (χ0n) is 12.1. The topological polar surface area (TPSA) is 88.4 Å². The zero-order valence-corrected chi connectivity index (χ0v) is 13.8. The molecule has 0 aliphatic carbocycles. The van der Waals surface area contributed by atoms with Crippen LogP contribution in [0.25, 0.3) is 0 Å². The van der Waals surface area contributed by atoms with Gasteiger partial charge >= 0.3 is 0 Å². The number of amides is 1. The van der Waals surface area contributed by atoms with Crippen molar-refractivity contribution in [1.29, 1.82) is 0 Å². The lowest BCUT2D eigenvalue weighted by molar-refractivity contribution is -0.114. The molecule has 0 aliphatic heterocycles. The molecule has 0 saturated carbocycles. The average Bonchev–Trinajstić information content (AvgIpc) is 2.98. The van der Waals surface area contributed by atoms with Crippen LogP contribution in [-0.4, -0.2) is 20.6 Å². The highest BCUT2D eigenvalue weighted by Gasteiger charge is 2.17. The van der Waals surface area contributed by atoms with Gasteiger partial charge in [0.25, 0.3) is 0 Å². The smallest absolute Gasteiger partial charge is 0.241 e. The Balaban J connectivity index is 2.24. The maximum Gasteiger partial charge on any atom is 0.241 e. The molecule has 1 aromatic carbocycles. The molecule has 1 aromatic heterocycles. The molecule has 0 saturated heterocycles. The van der Waals surface area contributed by atoms with Gasteiger partial charge in [-0.2, -0.15) is 0 Å². The summed E-state index contributed by atoms with van der Waals surface area (Å²) in [6, 6.07) is 7.98. The van der Waals surface area contributed by atoms with Crippen molar-refractivity contribution in [2.75, 3.05) is 11.6 Å². The molecule has 0 atom stereocenters. The Morgan fingerprint density at radius 1 is 1.32 bits per heavy atom. The Labute approximate surface area is 133 Å². The molecule has 0 radical (unpaired) electrons. The van der Waals surface area contributed by atoms with E-state index in [9.17, 15) is 13.2 Å². The molecule has 0 unspecified atom stereocenters. The van der Waals surface area contributed by atoms with Crippen LogP contribution >= 0.6 is 11.8 Å². The van der Waals surface area contributed by atoms with Crippen LogP contribution in [0.5, 0.6) is 0 Å². The number of hydrogen-bond acceptors (Lipinski definition) is 5. The number of thioether (sulfide) groups is 1. The summed E-state index contributed by atoms with van der Waals surface area (Å²) in [7, 11) is -3.69. The zero-order chi connectivity index (χ0) is 16.2. The van der Waals surface area contributed by atoms with Crippen LogP contribution in [0.15, 0.2) is 50.8 Å². The van der Waals surface area contributed by atoms with E-state index < -0.39 is 10.0 Å². The molecule has 6 nitrogen and oxygen atoms in total. The number of hydrogen-bond donors (Lipinski definition) is 2. The largest absolute Gasteiger partial charge is 0.468 e. The van der Waals surface area contributed by atoms with Crippen LogP contribution in [0, 0.1) is 0 Å². The van der Waals surface area contributed by atoms with Crippen LogP contribution in [0.1, 0.15) is 12.7 Å². The molecular weight excluding hydrogens is 324 g/mol. The minimum atomic E-state index is -3.69. The SMILES string of the molecule is CSc1ccc(S(=O)(=O)NCc2ccco2)cc1NC(C)=O. The molecule has 0 fully saturated rings. The molecule has 2 N–H and O–H groups in total. The van der Waals surface area contributed by atoms with Crippen molar-refractivity contribution >= 4 is 33.4 Å². The van der Waals surface area contributed by atoms with Gasteiger partial charge in [-0.05, 0) is 36.6 Å². The van der Waals surface area contributed by atoms with Crippen LogP contribution in [-0.2, 0) is 21.4 Å². The van der Waals surface area contributed by atoms with Gasteiger partial charge in [-0.3, -0.25) is 4.79 Å². The number of nitrogens with one attached hydrogen (secondary N) is 2. The van der Waals surface area contributed by atoms with Crippen LogP contribution in [0.4, 0.5) is 5.69 Å². The van der Waals surface area contributed by atoms with E-state index in [2.05, 4.69) is 10.0 Å². The molecule has 0 bridgehead atoms. The van der Waals surface area contributed by atoms with Gasteiger partial charge in [0.15, 0.2) is 0 Å². The number of carbonyl (C=O) groups excluding carboxylic acids is 1. The first-order valence-corrected chi connectivity index (χ1v) is 9.11. The molecule has 1 amide bonds. The number of rotatable bonds is 6. The molecule has 2 rings (SSSR count). The number of furan rings is 1. The fourth-order valence-electron chi connectivity index (χ4n) is 1.80. The molecule has 22 heavy (non-hydrogen) atoms. The minimum Gasteiger partial charge on any atom is -0.468 e. The van der Waals surface area contributed by atoms with Gasteiger partial charge in [0.2, 0.25) is 15.9 Å². The van der Waals surface area contributed by atoms with E-state index in [0.717, 1.165) is 4.90 Å². The van der Waals surface area contributed by atoms with Crippen molar-refractivity contribution in [2.45, 2.75) is 23.3 Å². The monoisotopic (exact) mass is 340 g/mol. The van der Waals surface area contributed by atoms with Crippen molar-refractivity contribution in [1.82, 2.24) is 4.72 Å². The predicted molar refractivity (Wildman–Crippen MR) is 85.3 cm³/mol. The summed E-state index contributed by atoms with van der Waals surface area (Å²) in [6.07, 6.45) is 3.33. The van der Waals surface area contributed by atoms with E-state index in [1.54, 1.807) is 18.2 Å². The highest BCUT2D eigenvalue weighted by atomic mass is 32.2. The third kappa shape index (κ3) is 4.12. The molecule has 118 valence electrons. The molecule has 0 spiro atoms. The lowest BCUT2D eigenvalue weighted by atomic mass is 10.3. The standard InChI is InChI=1S/C14H16N2O4S2/c1-10(17)16-13-8-12(5-6-14(13)21-2)22(18,19)15-9-11-4-3-7-20-11/h3-8,15H,9H2,1-2H3,(H,16,17). The molecule has 2 aromatic rings. The summed E-state index contributed by atoms with van der Waals surface area (Å²) >= 11 is 1.42. The summed E-state index contributed by atoms with van der Waals surface area (Å²) in [6.45, 7) is 1.44. The Morgan fingerprint density at radius 2 is 2.09 bits per heavy atom. The molecule has 8 heteroatoms. The minimum absolute atomic E-state index is 0.0646. The summed E-state index contributed by atoms with van der Waals surface area (Å²) in [5.41, 5.74) is 0.473. The van der Waals surface area contributed by atoms with E-state index in [4.69, 9.17) is 4.42 Å². The van der Waals surface area contributed by atoms with Crippen molar-refractivity contribution in [3.8, 4) is 0 Å². The van der Waals surface area contributed by atoms with Gasteiger partial charge in [0.1, 0.15) is 5.76 Å². The second-order valence-corrected chi connectivity index (χ2v) is 7.06. The Bertz CT molecular complexity index is 755. The quantitative estimate of drug-likeness (QED) is 0.789. The van der Waals surface area contributed by atoms with E-state index in [1.165, 1.54) is 37.1 Å². The Hall–Kier alpha value is -1.77. The fraction of sp³-hybridized carbons (Fsp3) is 0.214. The van der Waals surface area contributed by atoms with Gasteiger partial charge in [-0.25, -0.2) is 13.1 Å². The highest BCUT2D eigenvalue weighted by Crippen LogP contribution is 2.28. The number of anilines is 1. The van der Waals surface area contributed by atoms with Crippen molar-refractivity contribution < 1.29 is 17.6 Å². The van der Waals surface area contributed by atoms with Crippen molar-refractivity contribution in [3.05, 3.63) is 42.4 Å². The first-order chi connectivity index (χ1) is 10.4. The maximum absolute atomic E-state index is 12.3. The maximum atomic E-state index is 12.3.